The van der Waals surface area contributed by atoms with Crippen molar-refractivity contribution in [1.29, 1.82) is 0 Å². The molecule has 1 N–H and O–H groups in total. The highest BCUT2D eigenvalue weighted by molar-refractivity contribution is 7.89. The van der Waals surface area contributed by atoms with Crippen molar-refractivity contribution in [2.75, 3.05) is 39.0 Å². The minimum absolute atomic E-state index is 0.0692. The summed E-state index contributed by atoms with van der Waals surface area (Å²) in [5.74, 6) is 0. The molecule has 1 saturated heterocycles. The molecule has 0 saturated carbocycles. The number of anilines is 1. The minimum Gasteiger partial charge on any atom is -0.384 e. The maximum atomic E-state index is 13.0. The van der Waals surface area contributed by atoms with E-state index in [0.717, 1.165) is 19.4 Å². The van der Waals surface area contributed by atoms with E-state index in [1.54, 1.807) is 16.4 Å². The van der Waals surface area contributed by atoms with E-state index in [4.69, 9.17) is 0 Å². The Labute approximate surface area is 128 Å². The van der Waals surface area contributed by atoms with E-state index < -0.39 is 10.0 Å². The fourth-order valence-electron chi connectivity index (χ4n) is 2.88. The maximum absolute atomic E-state index is 13.0. The van der Waals surface area contributed by atoms with E-state index in [2.05, 4.69) is 10.2 Å². The molecular weight excluding hydrogens is 286 g/mol. The predicted octanol–water partition coefficient (Wildman–Crippen LogP) is 1.83. The monoisotopic (exact) mass is 311 g/mol. The lowest BCUT2D eigenvalue weighted by atomic mass is 10.2. The molecule has 1 aliphatic rings. The molecular formula is C15H25N3O2S. The average Bonchev–Trinajstić information content (AvgIpc) is 2.87. The van der Waals surface area contributed by atoms with Gasteiger partial charge in [0.25, 0.3) is 0 Å². The Hall–Kier alpha value is -1.11. The van der Waals surface area contributed by atoms with Gasteiger partial charge in [0.1, 0.15) is 4.90 Å². The lowest BCUT2D eigenvalue weighted by Gasteiger charge is -2.27. The topological polar surface area (TPSA) is 52.7 Å². The number of sulfonamides is 1. The van der Waals surface area contributed by atoms with Crippen molar-refractivity contribution in [3.8, 4) is 0 Å². The molecule has 1 heterocycles. The zero-order valence-electron chi connectivity index (χ0n) is 13.0. The van der Waals surface area contributed by atoms with Crippen LogP contribution in [0.1, 0.15) is 19.8 Å². The molecule has 0 aromatic heterocycles. The summed E-state index contributed by atoms with van der Waals surface area (Å²) in [6.07, 6.45) is 1.86. The summed E-state index contributed by atoms with van der Waals surface area (Å²) in [5, 5.41) is 3.15. The van der Waals surface area contributed by atoms with Crippen LogP contribution in [-0.4, -0.2) is 57.4 Å². The van der Waals surface area contributed by atoms with Gasteiger partial charge in [0, 0.05) is 25.7 Å². The molecule has 0 spiro atoms. The molecule has 1 aromatic carbocycles. The fourth-order valence-corrected chi connectivity index (χ4v) is 4.74. The maximum Gasteiger partial charge on any atom is 0.245 e. The largest absolute Gasteiger partial charge is 0.384 e. The molecule has 118 valence electrons. The van der Waals surface area contributed by atoms with Gasteiger partial charge in [0.15, 0.2) is 0 Å². The van der Waals surface area contributed by atoms with Crippen LogP contribution in [0.4, 0.5) is 5.69 Å². The number of hydrogen-bond acceptors (Lipinski definition) is 4. The van der Waals surface area contributed by atoms with Crippen molar-refractivity contribution in [3.63, 3.8) is 0 Å². The van der Waals surface area contributed by atoms with Gasteiger partial charge in [-0.05, 0) is 46.0 Å². The summed E-state index contributed by atoms with van der Waals surface area (Å²) in [7, 11) is 0.522. The van der Waals surface area contributed by atoms with Gasteiger partial charge in [0.2, 0.25) is 10.0 Å². The van der Waals surface area contributed by atoms with Crippen molar-refractivity contribution < 1.29 is 8.42 Å². The van der Waals surface area contributed by atoms with Gasteiger partial charge in [-0.15, -0.1) is 0 Å². The summed E-state index contributed by atoms with van der Waals surface area (Å²) in [6, 6.07) is 7.23. The first kappa shape index (κ1) is 16.3. The Morgan fingerprint density at radius 2 is 2.05 bits per heavy atom. The smallest absolute Gasteiger partial charge is 0.245 e. The molecule has 5 nitrogen and oxygen atoms in total. The summed E-state index contributed by atoms with van der Waals surface area (Å²) >= 11 is 0. The van der Waals surface area contributed by atoms with Gasteiger partial charge >= 0.3 is 0 Å². The fraction of sp³-hybridized carbons (Fsp3) is 0.600. The number of hydrogen-bond donors (Lipinski definition) is 1. The van der Waals surface area contributed by atoms with E-state index in [-0.39, 0.29) is 6.04 Å². The highest BCUT2D eigenvalue weighted by Crippen LogP contribution is 2.30. The van der Waals surface area contributed by atoms with Crippen LogP contribution in [0.15, 0.2) is 29.2 Å². The van der Waals surface area contributed by atoms with Crippen molar-refractivity contribution in [2.45, 2.75) is 30.7 Å². The van der Waals surface area contributed by atoms with Gasteiger partial charge in [-0.25, -0.2) is 8.42 Å². The zero-order chi connectivity index (χ0) is 15.5. The van der Waals surface area contributed by atoms with Gasteiger partial charge in [0.05, 0.1) is 5.69 Å². The van der Waals surface area contributed by atoms with Crippen molar-refractivity contribution in [2.24, 2.45) is 0 Å². The van der Waals surface area contributed by atoms with Gasteiger partial charge in [-0.1, -0.05) is 12.1 Å². The number of likely N-dealkylation sites (N-methyl/N-ethyl adjacent to an activating group) is 1. The quantitative estimate of drug-likeness (QED) is 0.871. The number of nitrogens with zero attached hydrogens (tertiary/aromatic N) is 2. The Balaban J connectivity index is 2.33. The Morgan fingerprint density at radius 3 is 2.71 bits per heavy atom. The third-order valence-electron chi connectivity index (χ3n) is 3.74. The van der Waals surface area contributed by atoms with Crippen LogP contribution < -0.4 is 5.32 Å². The summed E-state index contributed by atoms with van der Waals surface area (Å²) in [6.45, 7) is 4.05. The zero-order valence-corrected chi connectivity index (χ0v) is 13.9. The molecule has 1 aliphatic heterocycles. The third-order valence-corrected chi connectivity index (χ3v) is 5.75. The number of benzene rings is 1. The number of nitrogens with one attached hydrogen (secondary N) is 1. The van der Waals surface area contributed by atoms with Gasteiger partial charge < -0.3 is 10.2 Å². The molecule has 2 rings (SSSR count). The van der Waals surface area contributed by atoms with Gasteiger partial charge in [-0.3, -0.25) is 0 Å². The highest BCUT2D eigenvalue weighted by Gasteiger charge is 2.36. The Kier molecular flexibility index (Phi) is 5.24. The number of para-hydroxylation sites is 1. The molecule has 0 radical (unpaired) electrons. The van der Waals surface area contributed by atoms with Gasteiger partial charge in [-0.2, -0.15) is 4.31 Å². The third kappa shape index (κ3) is 3.56. The minimum atomic E-state index is -3.44. The highest BCUT2D eigenvalue weighted by atomic mass is 32.2. The predicted molar refractivity (Wildman–Crippen MR) is 86.1 cm³/mol. The Bertz CT molecular complexity index is 572. The second-order valence-electron chi connectivity index (χ2n) is 5.70. The van der Waals surface area contributed by atoms with E-state index in [1.165, 1.54) is 0 Å². The molecule has 6 heteroatoms. The van der Waals surface area contributed by atoms with Crippen molar-refractivity contribution >= 4 is 15.7 Å². The molecule has 0 bridgehead atoms. The summed E-state index contributed by atoms with van der Waals surface area (Å²) in [4.78, 5) is 2.44. The first-order valence-corrected chi connectivity index (χ1v) is 8.90. The molecule has 0 aliphatic carbocycles. The van der Waals surface area contributed by atoms with Crippen molar-refractivity contribution in [1.82, 2.24) is 9.21 Å². The molecule has 1 aromatic rings. The SMILES string of the molecule is CCNc1ccccc1S(=O)(=O)N1CCCC1CN(C)C. The molecule has 21 heavy (non-hydrogen) atoms. The average molecular weight is 311 g/mol. The summed E-state index contributed by atoms with van der Waals surface area (Å²) in [5.41, 5.74) is 0.690. The van der Waals surface area contributed by atoms with Crippen LogP contribution in [0.5, 0.6) is 0 Å². The van der Waals surface area contributed by atoms with Crippen LogP contribution in [0.25, 0.3) is 0 Å². The molecule has 0 amide bonds. The number of rotatable bonds is 6. The summed E-state index contributed by atoms with van der Waals surface area (Å²) < 4.78 is 27.6. The Morgan fingerprint density at radius 1 is 1.33 bits per heavy atom. The molecule has 1 atom stereocenters. The van der Waals surface area contributed by atoms with Crippen LogP contribution >= 0.6 is 0 Å². The van der Waals surface area contributed by atoms with E-state index in [1.807, 2.05) is 33.2 Å². The van der Waals surface area contributed by atoms with E-state index in [9.17, 15) is 8.42 Å². The second-order valence-corrected chi connectivity index (χ2v) is 7.56. The van der Waals surface area contributed by atoms with E-state index in [0.29, 0.717) is 23.7 Å². The van der Waals surface area contributed by atoms with Crippen molar-refractivity contribution in [3.05, 3.63) is 24.3 Å². The van der Waals surface area contributed by atoms with Crippen LogP contribution in [-0.2, 0) is 10.0 Å². The lowest BCUT2D eigenvalue weighted by Crippen LogP contribution is -2.41. The van der Waals surface area contributed by atoms with Crippen LogP contribution in [0.3, 0.4) is 0 Å². The van der Waals surface area contributed by atoms with Crippen LogP contribution in [0, 0.1) is 0 Å². The molecule has 1 fully saturated rings. The standard InChI is InChI=1S/C15H25N3O2S/c1-4-16-14-9-5-6-10-15(14)21(19,20)18-11-7-8-13(18)12-17(2)3/h5-6,9-10,13,16H,4,7-8,11-12H2,1-3H3. The van der Waals surface area contributed by atoms with E-state index >= 15 is 0 Å². The normalized spacial score (nSPS) is 20.1. The second kappa shape index (κ2) is 6.77. The first-order valence-electron chi connectivity index (χ1n) is 7.46. The molecule has 1 unspecified atom stereocenters. The van der Waals surface area contributed by atoms with Crippen LogP contribution in [0.2, 0.25) is 0 Å². The first-order chi connectivity index (χ1) is 9.96. The lowest BCUT2D eigenvalue weighted by molar-refractivity contribution is 0.291.